The van der Waals surface area contributed by atoms with Crippen LogP contribution in [-0.2, 0) is 9.48 Å². The van der Waals surface area contributed by atoms with E-state index in [9.17, 15) is 9.59 Å². The second-order valence-corrected chi connectivity index (χ2v) is 15.4. The van der Waals surface area contributed by atoms with Gasteiger partial charge in [0, 0.05) is 27.2 Å². The van der Waals surface area contributed by atoms with Crippen molar-refractivity contribution < 1.29 is 19.1 Å². The molecule has 0 radical (unpaired) electrons. The number of unbranched alkanes of at least 4 members (excludes halogenated alkanes) is 2. The summed E-state index contributed by atoms with van der Waals surface area (Å²) in [6.07, 6.45) is 3.82. The highest BCUT2D eigenvalue weighted by Gasteiger charge is 2.36. The molecular formula is C42H51ClN2O4S. The van der Waals surface area contributed by atoms with E-state index < -0.39 is 11.7 Å². The van der Waals surface area contributed by atoms with Gasteiger partial charge in [0.25, 0.3) is 0 Å². The van der Waals surface area contributed by atoms with Gasteiger partial charge in [-0.15, -0.1) is 23.4 Å². The Kier molecular flexibility index (Phi) is 14.7. The van der Waals surface area contributed by atoms with Crippen LogP contribution in [0.3, 0.4) is 0 Å². The Hall–Kier alpha value is -3.94. The molecule has 0 aliphatic carbocycles. The van der Waals surface area contributed by atoms with Gasteiger partial charge in [0.2, 0.25) is 0 Å². The Morgan fingerprint density at radius 1 is 0.660 bits per heavy atom. The van der Waals surface area contributed by atoms with Gasteiger partial charge < -0.3 is 19.3 Å². The lowest BCUT2D eigenvalue weighted by Gasteiger charge is -2.35. The number of hydrogen-bond acceptors (Lipinski definition) is 5. The highest BCUT2D eigenvalue weighted by molar-refractivity contribution is 8.00. The van der Waals surface area contributed by atoms with E-state index in [4.69, 9.17) is 21.1 Å². The molecule has 1 unspecified atom stereocenters. The highest BCUT2D eigenvalue weighted by Crippen LogP contribution is 2.48. The van der Waals surface area contributed by atoms with Crippen LogP contribution in [0.25, 0.3) is 0 Å². The number of carbonyl (C=O) groups is 2. The van der Waals surface area contributed by atoms with Gasteiger partial charge in [-0.05, 0) is 80.2 Å². The van der Waals surface area contributed by atoms with Gasteiger partial charge in [0.1, 0.15) is 11.4 Å². The Labute approximate surface area is 308 Å². The van der Waals surface area contributed by atoms with Crippen LogP contribution in [0.2, 0.25) is 0 Å². The molecule has 4 rings (SSSR count). The molecule has 0 aliphatic heterocycles. The number of rotatable bonds is 16. The van der Waals surface area contributed by atoms with Crippen molar-refractivity contribution in [2.75, 3.05) is 32.9 Å². The minimum atomic E-state index is -0.548. The van der Waals surface area contributed by atoms with Gasteiger partial charge in [-0.1, -0.05) is 116 Å². The molecule has 0 aliphatic rings. The second-order valence-electron chi connectivity index (χ2n) is 13.6. The molecule has 0 bridgehead atoms. The van der Waals surface area contributed by atoms with Crippen LogP contribution in [0.5, 0.6) is 5.75 Å². The largest absolute Gasteiger partial charge is 0.444 e. The molecule has 8 heteroatoms. The Balaban J connectivity index is 1.23. The number of amides is 2. The fraction of sp³-hybridized carbons (Fsp3) is 0.381. The van der Waals surface area contributed by atoms with E-state index in [1.807, 2.05) is 44.7 Å². The first kappa shape index (κ1) is 38.9. The van der Waals surface area contributed by atoms with E-state index in [0.717, 1.165) is 37.0 Å². The molecule has 0 saturated heterocycles. The standard InChI is InChI=1S/C42H51ClN2O4S/c1-41(2,3)49-40(47)45(5)31-18-30-44(4)39(46)48-37-28-26-33(27-29-37)38(43)25-16-9-17-32-50-42(34-19-10-6-11-20-34,35-21-12-7-13-22-35)36-23-14-8-15-24-36/h6-8,10-15,19-24,26-29,38H,9,16-18,25,30-32H2,1-5H3. The number of thioether (sulfide) groups is 1. The molecule has 0 fully saturated rings. The number of benzene rings is 4. The minimum Gasteiger partial charge on any atom is -0.444 e. The topological polar surface area (TPSA) is 59.1 Å². The quantitative estimate of drug-likeness (QED) is 0.0657. The van der Waals surface area contributed by atoms with E-state index in [1.54, 1.807) is 26.2 Å². The van der Waals surface area contributed by atoms with Crippen molar-refractivity contribution in [3.63, 3.8) is 0 Å². The first-order chi connectivity index (χ1) is 24.0. The molecule has 0 aromatic heterocycles. The number of alkyl halides is 1. The maximum absolute atomic E-state index is 12.6. The van der Waals surface area contributed by atoms with Crippen molar-refractivity contribution >= 4 is 35.5 Å². The second kappa shape index (κ2) is 18.9. The van der Waals surface area contributed by atoms with Crippen molar-refractivity contribution in [1.29, 1.82) is 0 Å². The van der Waals surface area contributed by atoms with Crippen LogP contribution in [-0.4, -0.2) is 60.5 Å². The van der Waals surface area contributed by atoms with Crippen molar-refractivity contribution in [3.8, 4) is 5.75 Å². The van der Waals surface area contributed by atoms with Crippen molar-refractivity contribution in [3.05, 3.63) is 138 Å². The predicted molar refractivity (Wildman–Crippen MR) is 207 cm³/mol. The smallest absolute Gasteiger partial charge is 0.414 e. The first-order valence-corrected chi connectivity index (χ1v) is 18.8. The Morgan fingerprint density at radius 2 is 1.14 bits per heavy atom. The lowest BCUT2D eigenvalue weighted by molar-refractivity contribution is 0.0294. The number of halogens is 1. The van der Waals surface area contributed by atoms with Gasteiger partial charge in [0.05, 0.1) is 10.1 Å². The van der Waals surface area contributed by atoms with Crippen LogP contribution in [0.1, 0.15) is 80.5 Å². The van der Waals surface area contributed by atoms with Gasteiger partial charge in [0.15, 0.2) is 0 Å². The van der Waals surface area contributed by atoms with Gasteiger partial charge in [-0.3, -0.25) is 0 Å². The molecule has 0 spiro atoms. The summed E-state index contributed by atoms with van der Waals surface area (Å²) in [6.45, 7) is 6.41. The third-order valence-corrected chi connectivity index (χ3v) is 10.5. The molecule has 0 saturated carbocycles. The Bertz CT molecular complexity index is 1500. The third kappa shape index (κ3) is 11.3. The molecule has 2 amide bonds. The Morgan fingerprint density at radius 3 is 1.62 bits per heavy atom. The van der Waals surface area contributed by atoms with Crippen molar-refractivity contribution in [2.45, 2.75) is 68.6 Å². The van der Waals surface area contributed by atoms with E-state index >= 15 is 0 Å². The monoisotopic (exact) mass is 714 g/mol. The van der Waals surface area contributed by atoms with E-state index in [1.165, 1.54) is 26.5 Å². The van der Waals surface area contributed by atoms with Gasteiger partial charge >= 0.3 is 12.2 Å². The normalized spacial score (nSPS) is 12.2. The van der Waals surface area contributed by atoms with Crippen LogP contribution >= 0.6 is 23.4 Å². The summed E-state index contributed by atoms with van der Waals surface area (Å²) in [5, 5.41) is -0.117. The summed E-state index contributed by atoms with van der Waals surface area (Å²) in [6, 6.07) is 39.9. The zero-order valence-electron chi connectivity index (χ0n) is 30.0. The summed E-state index contributed by atoms with van der Waals surface area (Å²) in [7, 11) is 3.37. The van der Waals surface area contributed by atoms with Crippen LogP contribution in [0.4, 0.5) is 9.59 Å². The predicted octanol–water partition coefficient (Wildman–Crippen LogP) is 10.9. The molecule has 4 aromatic rings. The maximum atomic E-state index is 12.6. The highest BCUT2D eigenvalue weighted by atomic mass is 35.5. The summed E-state index contributed by atoms with van der Waals surface area (Å²) >= 11 is 8.82. The zero-order valence-corrected chi connectivity index (χ0v) is 31.6. The molecule has 1 atom stereocenters. The molecule has 50 heavy (non-hydrogen) atoms. The molecule has 0 N–H and O–H groups in total. The molecule has 0 heterocycles. The average molecular weight is 715 g/mol. The van der Waals surface area contributed by atoms with E-state index in [2.05, 4.69) is 91.0 Å². The summed E-state index contributed by atoms with van der Waals surface area (Å²) in [5.74, 6) is 1.48. The first-order valence-electron chi connectivity index (χ1n) is 17.4. The van der Waals surface area contributed by atoms with Crippen LogP contribution < -0.4 is 4.74 Å². The lowest BCUT2D eigenvalue weighted by Crippen LogP contribution is -2.37. The fourth-order valence-corrected chi connectivity index (χ4v) is 7.62. The summed E-state index contributed by atoms with van der Waals surface area (Å²) in [4.78, 5) is 27.8. The molecule has 6 nitrogen and oxygen atoms in total. The summed E-state index contributed by atoms with van der Waals surface area (Å²) in [5.41, 5.74) is 4.31. The number of nitrogens with zero attached hydrogens (tertiary/aromatic N) is 2. The van der Waals surface area contributed by atoms with Gasteiger partial charge in [-0.25, -0.2) is 9.59 Å². The van der Waals surface area contributed by atoms with Crippen molar-refractivity contribution in [2.24, 2.45) is 0 Å². The summed E-state index contributed by atoms with van der Waals surface area (Å²) < 4.78 is 10.6. The lowest BCUT2D eigenvalue weighted by atomic mass is 9.84. The fourth-order valence-electron chi connectivity index (χ4n) is 5.75. The van der Waals surface area contributed by atoms with E-state index in [-0.39, 0.29) is 16.2 Å². The molecule has 4 aromatic carbocycles. The van der Waals surface area contributed by atoms with Crippen LogP contribution in [0.15, 0.2) is 115 Å². The van der Waals surface area contributed by atoms with Crippen LogP contribution in [0, 0.1) is 0 Å². The number of carbonyl (C=O) groups excluding carboxylic acids is 2. The van der Waals surface area contributed by atoms with Crippen molar-refractivity contribution in [1.82, 2.24) is 9.80 Å². The minimum absolute atomic E-state index is 0.117. The number of hydrogen-bond donors (Lipinski definition) is 0. The zero-order chi connectivity index (χ0) is 36.0. The van der Waals surface area contributed by atoms with E-state index in [0.29, 0.717) is 25.3 Å². The molecule has 266 valence electrons. The maximum Gasteiger partial charge on any atom is 0.414 e. The molecular weight excluding hydrogens is 664 g/mol. The third-order valence-electron chi connectivity index (χ3n) is 8.41. The number of ether oxygens (including phenoxy) is 2. The average Bonchev–Trinajstić information content (AvgIpc) is 3.12. The van der Waals surface area contributed by atoms with Gasteiger partial charge in [-0.2, -0.15) is 0 Å². The SMILES string of the molecule is CN(CCCN(C)C(=O)OC(C)(C)C)C(=O)Oc1ccc(C(Cl)CCCCCSC(c2ccccc2)(c2ccccc2)c2ccccc2)cc1.